The number of amides is 1. The summed E-state index contributed by atoms with van der Waals surface area (Å²) in [6.07, 6.45) is 3.12. The SMILES string of the molecule is CCC1CCNC(C(=O)Nc2cc(C)ccc2O)C1. The summed E-state index contributed by atoms with van der Waals surface area (Å²) in [4.78, 5) is 12.2. The summed E-state index contributed by atoms with van der Waals surface area (Å²) < 4.78 is 0. The summed E-state index contributed by atoms with van der Waals surface area (Å²) in [7, 11) is 0. The smallest absolute Gasteiger partial charge is 0.241 e. The highest BCUT2D eigenvalue weighted by Crippen LogP contribution is 2.25. The van der Waals surface area contributed by atoms with Crippen molar-refractivity contribution in [3.05, 3.63) is 23.8 Å². The Morgan fingerprint density at radius 3 is 3.05 bits per heavy atom. The van der Waals surface area contributed by atoms with E-state index in [1.807, 2.05) is 13.0 Å². The third-order valence-corrected chi connectivity index (χ3v) is 3.82. The van der Waals surface area contributed by atoms with E-state index in [4.69, 9.17) is 0 Å². The molecule has 19 heavy (non-hydrogen) atoms. The van der Waals surface area contributed by atoms with Gasteiger partial charge in [0.15, 0.2) is 0 Å². The third-order valence-electron chi connectivity index (χ3n) is 3.82. The second-order valence-corrected chi connectivity index (χ2v) is 5.32. The Labute approximate surface area is 114 Å². The molecule has 1 aromatic rings. The molecule has 104 valence electrons. The van der Waals surface area contributed by atoms with Crippen LogP contribution in [0.25, 0.3) is 0 Å². The zero-order chi connectivity index (χ0) is 13.8. The standard InChI is InChI=1S/C15H22N2O2/c1-3-11-6-7-16-13(9-11)15(19)17-12-8-10(2)4-5-14(12)18/h4-5,8,11,13,16,18H,3,6-7,9H2,1-2H3,(H,17,19). The second-order valence-electron chi connectivity index (χ2n) is 5.32. The quantitative estimate of drug-likeness (QED) is 0.733. The van der Waals surface area contributed by atoms with Gasteiger partial charge in [0, 0.05) is 0 Å². The lowest BCUT2D eigenvalue weighted by molar-refractivity contribution is -0.119. The van der Waals surface area contributed by atoms with Gasteiger partial charge in [0.2, 0.25) is 5.91 Å². The van der Waals surface area contributed by atoms with Crippen molar-refractivity contribution < 1.29 is 9.90 Å². The van der Waals surface area contributed by atoms with Crippen LogP contribution in [0.15, 0.2) is 18.2 Å². The Kier molecular flexibility index (Phi) is 4.43. The lowest BCUT2D eigenvalue weighted by Crippen LogP contribution is -2.46. The molecule has 0 spiro atoms. The number of rotatable bonds is 3. The van der Waals surface area contributed by atoms with E-state index in [0.717, 1.165) is 31.4 Å². The Morgan fingerprint density at radius 2 is 2.32 bits per heavy atom. The number of piperidine rings is 1. The fourth-order valence-electron chi connectivity index (χ4n) is 2.54. The number of aryl methyl sites for hydroxylation is 1. The lowest BCUT2D eigenvalue weighted by Gasteiger charge is -2.28. The maximum Gasteiger partial charge on any atom is 0.241 e. The van der Waals surface area contributed by atoms with Gasteiger partial charge < -0.3 is 15.7 Å². The molecule has 0 aliphatic carbocycles. The number of anilines is 1. The van der Waals surface area contributed by atoms with Gasteiger partial charge in [-0.25, -0.2) is 0 Å². The molecule has 3 N–H and O–H groups in total. The van der Waals surface area contributed by atoms with E-state index in [-0.39, 0.29) is 17.7 Å². The number of benzene rings is 1. The van der Waals surface area contributed by atoms with Gasteiger partial charge in [-0.15, -0.1) is 0 Å². The molecule has 1 aromatic carbocycles. The molecule has 2 unspecified atom stereocenters. The third kappa shape index (κ3) is 3.47. The molecule has 4 nitrogen and oxygen atoms in total. The molecule has 2 atom stereocenters. The molecule has 1 saturated heterocycles. The summed E-state index contributed by atoms with van der Waals surface area (Å²) >= 11 is 0. The molecule has 1 aliphatic heterocycles. The Hall–Kier alpha value is -1.55. The van der Waals surface area contributed by atoms with Crippen molar-refractivity contribution >= 4 is 11.6 Å². The van der Waals surface area contributed by atoms with Crippen molar-refractivity contribution in [3.63, 3.8) is 0 Å². The van der Waals surface area contributed by atoms with Gasteiger partial charge in [-0.2, -0.15) is 0 Å². The summed E-state index contributed by atoms with van der Waals surface area (Å²) in [6.45, 7) is 4.98. The van der Waals surface area contributed by atoms with Crippen LogP contribution in [0.1, 0.15) is 31.7 Å². The van der Waals surface area contributed by atoms with Gasteiger partial charge in [-0.1, -0.05) is 19.4 Å². The van der Waals surface area contributed by atoms with Gasteiger partial charge in [0.25, 0.3) is 0 Å². The number of phenols is 1. The number of hydrogen-bond acceptors (Lipinski definition) is 3. The van der Waals surface area contributed by atoms with Crippen molar-refractivity contribution in [1.82, 2.24) is 5.32 Å². The molecule has 4 heteroatoms. The van der Waals surface area contributed by atoms with Crippen LogP contribution in [0.2, 0.25) is 0 Å². The highest BCUT2D eigenvalue weighted by Gasteiger charge is 2.26. The summed E-state index contributed by atoms with van der Waals surface area (Å²) in [6, 6.07) is 5.05. The monoisotopic (exact) mass is 262 g/mol. The first-order valence-electron chi connectivity index (χ1n) is 6.94. The normalized spacial score (nSPS) is 23.1. The highest BCUT2D eigenvalue weighted by atomic mass is 16.3. The first kappa shape index (κ1) is 13.9. The van der Waals surface area contributed by atoms with Crippen LogP contribution in [0, 0.1) is 12.8 Å². The van der Waals surface area contributed by atoms with E-state index in [9.17, 15) is 9.90 Å². The molecule has 1 aliphatic rings. The van der Waals surface area contributed by atoms with Crippen LogP contribution in [0.3, 0.4) is 0 Å². The zero-order valence-corrected chi connectivity index (χ0v) is 11.6. The van der Waals surface area contributed by atoms with Crippen LogP contribution in [0.5, 0.6) is 5.75 Å². The van der Waals surface area contributed by atoms with E-state index < -0.39 is 0 Å². The number of carbonyl (C=O) groups excluding carboxylic acids is 1. The van der Waals surface area contributed by atoms with Gasteiger partial charge in [-0.05, 0) is 49.9 Å². The molecule has 0 radical (unpaired) electrons. The molecule has 0 aromatic heterocycles. The minimum absolute atomic E-state index is 0.0564. The van der Waals surface area contributed by atoms with E-state index >= 15 is 0 Å². The summed E-state index contributed by atoms with van der Waals surface area (Å²) in [5.74, 6) is 0.670. The molecule has 0 bridgehead atoms. The lowest BCUT2D eigenvalue weighted by atomic mass is 9.90. The summed E-state index contributed by atoms with van der Waals surface area (Å²) in [5.41, 5.74) is 1.50. The van der Waals surface area contributed by atoms with E-state index in [0.29, 0.717) is 11.6 Å². The van der Waals surface area contributed by atoms with E-state index in [2.05, 4.69) is 17.6 Å². The molecule has 2 rings (SSSR count). The molecule has 0 saturated carbocycles. The molecule has 1 fully saturated rings. The minimum atomic E-state index is -0.154. The number of aromatic hydroxyl groups is 1. The minimum Gasteiger partial charge on any atom is -0.506 e. The number of nitrogens with one attached hydrogen (secondary N) is 2. The van der Waals surface area contributed by atoms with Crippen molar-refractivity contribution in [3.8, 4) is 5.75 Å². The maximum atomic E-state index is 12.2. The molecule has 1 heterocycles. The first-order valence-corrected chi connectivity index (χ1v) is 6.94. The fraction of sp³-hybridized carbons (Fsp3) is 0.533. The van der Waals surface area contributed by atoms with Crippen LogP contribution >= 0.6 is 0 Å². The van der Waals surface area contributed by atoms with Crippen LogP contribution in [-0.4, -0.2) is 23.6 Å². The van der Waals surface area contributed by atoms with Gasteiger partial charge in [-0.3, -0.25) is 4.79 Å². The Balaban J connectivity index is 2.02. The first-order chi connectivity index (χ1) is 9.10. The number of phenolic OH excluding ortho intramolecular Hbond substituents is 1. The average Bonchev–Trinajstić information content (AvgIpc) is 2.43. The van der Waals surface area contributed by atoms with E-state index in [1.54, 1.807) is 12.1 Å². The van der Waals surface area contributed by atoms with Crippen molar-refractivity contribution in [1.29, 1.82) is 0 Å². The van der Waals surface area contributed by atoms with Crippen molar-refractivity contribution in [2.24, 2.45) is 5.92 Å². The van der Waals surface area contributed by atoms with Crippen molar-refractivity contribution in [2.45, 2.75) is 39.2 Å². The molecular formula is C15H22N2O2. The maximum absolute atomic E-state index is 12.2. The molecular weight excluding hydrogens is 240 g/mol. The van der Waals surface area contributed by atoms with Crippen LogP contribution in [0.4, 0.5) is 5.69 Å². The predicted molar refractivity (Wildman–Crippen MR) is 76.3 cm³/mol. The van der Waals surface area contributed by atoms with Gasteiger partial charge >= 0.3 is 0 Å². The molecule has 1 amide bonds. The number of hydrogen-bond donors (Lipinski definition) is 3. The highest BCUT2D eigenvalue weighted by molar-refractivity contribution is 5.96. The van der Waals surface area contributed by atoms with Gasteiger partial charge in [0.1, 0.15) is 5.75 Å². The Morgan fingerprint density at radius 1 is 1.53 bits per heavy atom. The average molecular weight is 262 g/mol. The van der Waals surface area contributed by atoms with E-state index in [1.165, 1.54) is 0 Å². The van der Waals surface area contributed by atoms with Crippen molar-refractivity contribution in [2.75, 3.05) is 11.9 Å². The number of carbonyl (C=O) groups is 1. The topological polar surface area (TPSA) is 61.4 Å². The fourth-order valence-corrected chi connectivity index (χ4v) is 2.54. The predicted octanol–water partition coefficient (Wildman–Crippen LogP) is 2.42. The Bertz CT molecular complexity index is 459. The largest absolute Gasteiger partial charge is 0.506 e. The zero-order valence-electron chi connectivity index (χ0n) is 11.6. The second kappa shape index (κ2) is 6.06. The van der Waals surface area contributed by atoms with Crippen LogP contribution in [-0.2, 0) is 4.79 Å². The van der Waals surface area contributed by atoms with Crippen LogP contribution < -0.4 is 10.6 Å². The van der Waals surface area contributed by atoms with Gasteiger partial charge in [0.05, 0.1) is 11.7 Å². The summed E-state index contributed by atoms with van der Waals surface area (Å²) in [5, 5.41) is 15.8.